The van der Waals surface area contributed by atoms with Gasteiger partial charge < -0.3 is 10.1 Å². The van der Waals surface area contributed by atoms with Crippen molar-refractivity contribution in [3.8, 4) is 5.75 Å². The first-order valence-electron chi connectivity index (χ1n) is 7.30. The molecular weight excluding hydrogens is 302 g/mol. The molecule has 0 spiro atoms. The Morgan fingerprint density at radius 3 is 2.95 bits per heavy atom. The number of nitrogens with one attached hydrogen (secondary N) is 1. The summed E-state index contributed by atoms with van der Waals surface area (Å²) in [7, 11) is 0. The zero-order chi connectivity index (χ0) is 13.7. The Bertz CT molecular complexity index is 400. The van der Waals surface area contributed by atoms with Gasteiger partial charge in [0.15, 0.2) is 0 Å². The summed E-state index contributed by atoms with van der Waals surface area (Å²) in [6.45, 7) is 7.58. The van der Waals surface area contributed by atoms with Crippen LogP contribution in [0.4, 0.5) is 0 Å². The van der Waals surface area contributed by atoms with Crippen molar-refractivity contribution in [1.82, 2.24) is 5.32 Å². The fourth-order valence-corrected chi connectivity index (χ4v) is 2.99. The topological polar surface area (TPSA) is 21.3 Å². The van der Waals surface area contributed by atoms with Gasteiger partial charge in [0, 0.05) is 4.47 Å². The Balaban J connectivity index is 1.88. The van der Waals surface area contributed by atoms with Crippen LogP contribution in [0.2, 0.25) is 0 Å². The Morgan fingerprint density at radius 1 is 1.42 bits per heavy atom. The van der Waals surface area contributed by atoms with E-state index in [-0.39, 0.29) is 0 Å². The van der Waals surface area contributed by atoms with E-state index in [0.29, 0.717) is 5.92 Å². The summed E-state index contributed by atoms with van der Waals surface area (Å²) in [6, 6.07) is 6.31. The third-order valence-electron chi connectivity index (χ3n) is 3.78. The molecule has 1 fully saturated rings. The highest BCUT2D eigenvalue weighted by molar-refractivity contribution is 9.10. The number of rotatable bonds is 5. The van der Waals surface area contributed by atoms with Gasteiger partial charge in [-0.25, -0.2) is 0 Å². The molecule has 0 bridgehead atoms. The highest BCUT2D eigenvalue weighted by atomic mass is 79.9. The molecule has 19 heavy (non-hydrogen) atoms. The number of ether oxygens (including phenoxy) is 1. The largest absolute Gasteiger partial charge is 0.493 e. The van der Waals surface area contributed by atoms with Crippen LogP contribution in [0.15, 0.2) is 22.7 Å². The molecule has 1 aliphatic heterocycles. The van der Waals surface area contributed by atoms with Crippen molar-refractivity contribution in [1.29, 1.82) is 0 Å². The molecule has 2 rings (SSSR count). The number of piperidine rings is 1. The van der Waals surface area contributed by atoms with Gasteiger partial charge >= 0.3 is 0 Å². The molecular formula is C16H24BrNO. The molecule has 106 valence electrons. The summed E-state index contributed by atoms with van der Waals surface area (Å²) in [5, 5.41) is 3.46. The molecule has 1 saturated heterocycles. The molecule has 0 saturated carbocycles. The highest BCUT2D eigenvalue weighted by Crippen LogP contribution is 2.30. The third-order valence-corrected chi connectivity index (χ3v) is 4.27. The van der Waals surface area contributed by atoms with Crippen molar-refractivity contribution >= 4 is 15.9 Å². The molecule has 3 heteroatoms. The van der Waals surface area contributed by atoms with Crippen LogP contribution < -0.4 is 10.1 Å². The molecule has 1 N–H and O–H groups in total. The van der Waals surface area contributed by atoms with Crippen molar-refractivity contribution in [2.45, 2.75) is 39.0 Å². The van der Waals surface area contributed by atoms with Gasteiger partial charge in [-0.05, 0) is 68.0 Å². The lowest BCUT2D eigenvalue weighted by Gasteiger charge is -2.23. The summed E-state index contributed by atoms with van der Waals surface area (Å²) >= 11 is 3.53. The van der Waals surface area contributed by atoms with E-state index >= 15 is 0 Å². The Hall–Kier alpha value is -0.540. The van der Waals surface area contributed by atoms with E-state index in [9.17, 15) is 0 Å². The van der Waals surface area contributed by atoms with Gasteiger partial charge in [-0.2, -0.15) is 0 Å². The molecule has 0 aromatic heterocycles. The molecule has 1 aliphatic rings. The van der Waals surface area contributed by atoms with Gasteiger partial charge in [-0.1, -0.05) is 29.8 Å². The Kier molecular flexibility index (Phi) is 5.71. The van der Waals surface area contributed by atoms with E-state index < -0.39 is 0 Å². The van der Waals surface area contributed by atoms with Gasteiger partial charge in [0.05, 0.1) is 6.61 Å². The van der Waals surface area contributed by atoms with Crippen molar-refractivity contribution in [3.05, 3.63) is 28.2 Å². The maximum absolute atomic E-state index is 6.01. The SMILES string of the molecule is CC(C)c1cc(Br)ccc1OCC[C@H]1CCCNC1. The first-order valence-corrected chi connectivity index (χ1v) is 8.09. The molecule has 1 aromatic carbocycles. The first-order chi connectivity index (χ1) is 9.16. The molecule has 1 heterocycles. The molecule has 0 amide bonds. The zero-order valence-corrected chi connectivity index (χ0v) is 13.5. The van der Waals surface area contributed by atoms with E-state index in [2.05, 4.69) is 53.3 Å². The molecule has 1 atom stereocenters. The van der Waals surface area contributed by atoms with Gasteiger partial charge in [-0.15, -0.1) is 0 Å². The second kappa shape index (κ2) is 7.30. The lowest BCUT2D eigenvalue weighted by Crippen LogP contribution is -2.30. The Labute approximate surface area is 125 Å². The van der Waals surface area contributed by atoms with Crippen LogP contribution in [0.25, 0.3) is 0 Å². The van der Waals surface area contributed by atoms with E-state index in [0.717, 1.165) is 35.7 Å². The van der Waals surface area contributed by atoms with E-state index in [1.165, 1.54) is 24.9 Å². The van der Waals surface area contributed by atoms with Crippen molar-refractivity contribution < 1.29 is 4.74 Å². The monoisotopic (exact) mass is 325 g/mol. The maximum atomic E-state index is 6.01. The molecule has 0 aliphatic carbocycles. The molecule has 0 unspecified atom stereocenters. The van der Waals surface area contributed by atoms with Gasteiger partial charge in [0.25, 0.3) is 0 Å². The average Bonchev–Trinajstić information content (AvgIpc) is 2.41. The van der Waals surface area contributed by atoms with Crippen LogP contribution in [0.1, 0.15) is 44.6 Å². The first kappa shape index (κ1) is 14.9. The third kappa shape index (κ3) is 4.50. The summed E-state index contributed by atoms with van der Waals surface area (Å²) in [5.41, 5.74) is 1.29. The van der Waals surface area contributed by atoms with Crippen LogP contribution >= 0.6 is 15.9 Å². The lowest BCUT2D eigenvalue weighted by atomic mass is 9.97. The van der Waals surface area contributed by atoms with Crippen molar-refractivity contribution in [2.75, 3.05) is 19.7 Å². The van der Waals surface area contributed by atoms with Crippen molar-refractivity contribution in [2.24, 2.45) is 5.92 Å². The predicted molar refractivity (Wildman–Crippen MR) is 83.9 cm³/mol. The fraction of sp³-hybridized carbons (Fsp3) is 0.625. The number of hydrogen-bond donors (Lipinski definition) is 1. The number of benzene rings is 1. The smallest absolute Gasteiger partial charge is 0.122 e. The second-order valence-electron chi connectivity index (χ2n) is 5.69. The summed E-state index contributed by atoms with van der Waals surface area (Å²) < 4.78 is 7.13. The minimum atomic E-state index is 0.490. The standard InChI is InChI=1S/C16H24BrNO/c1-12(2)15-10-14(17)5-6-16(15)19-9-7-13-4-3-8-18-11-13/h5-6,10,12-13,18H,3-4,7-9,11H2,1-2H3/t13-/m1/s1. The zero-order valence-electron chi connectivity index (χ0n) is 11.9. The molecule has 2 nitrogen and oxygen atoms in total. The molecule has 1 aromatic rings. The Morgan fingerprint density at radius 2 is 2.26 bits per heavy atom. The minimum absolute atomic E-state index is 0.490. The summed E-state index contributed by atoms with van der Waals surface area (Å²) in [5.74, 6) is 2.32. The summed E-state index contributed by atoms with van der Waals surface area (Å²) in [6.07, 6.45) is 3.80. The second-order valence-corrected chi connectivity index (χ2v) is 6.60. The van der Waals surface area contributed by atoms with Gasteiger partial charge in [0.1, 0.15) is 5.75 Å². The van der Waals surface area contributed by atoms with Crippen LogP contribution in [-0.2, 0) is 0 Å². The average molecular weight is 326 g/mol. The highest BCUT2D eigenvalue weighted by Gasteiger charge is 2.14. The van der Waals surface area contributed by atoms with E-state index in [1.807, 2.05) is 0 Å². The maximum Gasteiger partial charge on any atom is 0.122 e. The van der Waals surface area contributed by atoms with Crippen molar-refractivity contribution in [3.63, 3.8) is 0 Å². The summed E-state index contributed by atoms with van der Waals surface area (Å²) in [4.78, 5) is 0. The fourth-order valence-electron chi connectivity index (χ4n) is 2.61. The van der Waals surface area contributed by atoms with Crippen LogP contribution in [-0.4, -0.2) is 19.7 Å². The normalized spacial score (nSPS) is 19.7. The van der Waals surface area contributed by atoms with Crippen LogP contribution in [0.5, 0.6) is 5.75 Å². The van der Waals surface area contributed by atoms with Gasteiger partial charge in [0.2, 0.25) is 0 Å². The number of halogens is 1. The van der Waals surface area contributed by atoms with E-state index in [1.54, 1.807) is 0 Å². The molecule has 0 radical (unpaired) electrons. The quantitative estimate of drug-likeness (QED) is 0.869. The number of hydrogen-bond acceptors (Lipinski definition) is 2. The van der Waals surface area contributed by atoms with Crippen LogP contribution in [0, 0.1) is 5.92 Å². The van der Waals surface area contributed by atoms with E-state index in [4.69, 9.17) is 4.74 Å². The predicted octanol–water partition coefficient (Wildman–Crippen LogP) is 4.34. The van der Waals surface area contributed by atoms with Crippen LogP contribution in [0.3, 0.4) is 0 Å². The lowest BCUT2D eigenvalue weighted by molar-refractivity contribution is 0.252. The minimum Gasteiger partial charge on any atom is -0.493 e. The van der Waals surface area contributed by atoms with Gasteiger partial charge in [-0.3, -0.25) is 0 Å².